The Hall–Kier alpha value is -1.54. The van der Waals surface area contributed by atoms with Gasteiger partial charge in [0.05, 0.1) is 11.3 Å². The van der Waals surface area contributed by atoms with Crippen LogP contribution in [-0.2, 0) is 12.8 Å². The summed E-state index contributed by atoms with van der Waals surface area (Å²) < 4.78 is 25.2. The van der Waals surface area contributed by atoms with Crippen molar-refractivity contribution in [2.24, 2.45) is 5.92 Å². The summed E-state index contributed by atoms with van der Waals surface area (Å²) >= 11 is 1.75. The van der Waals surface area contributed by atoms with E-state index in [2.05, 4.69) is 22.2 Å². The van der Waals surface area contributed by atoms with Gasteiger partial charge in [-0.05, 0) is 49.1 Å². The van der Waals surface area contributed by atoms with Gasteiger partial charge in [0.15, 0.2) is 5.13 Å². The number of nitrogens with zero attached hydrogens (tertiary/aromatic N) is 2. The molecule has 128 valence electrons. The lowest BCUT2D eigenvalue weighted by Gasteiger charge is -2.18. The number of rotatable bonds is 5. The number of thioether (sulfide) groups is 1. The van der Waals surface area contributed by atoms with Crippen molar-refractivity contribution in [1.29, 1.82) is 0 Å². The van der Waals surface area contributed by atoms with E-state index < -0.39 is 11.7 Å². The number of hydrogen-bond donors (Lipinski definition) is 1. The predicted octanol–water partition coefficient (Wildman–Crippen LogP) is 4.62. The molecule has 8 heteroatoms. The number of pyridine rings is 1. The van der Waals surface area contributed by atoms with Crippen molar-refractivity contribution in [3.8, 4) is 0 Å². The summed E-state index contributed by atoms with van der Waals surface area (Å²) in [7, 11) is 0. The van der Waals surface area contributed by atoms with E-state index in [1.807, 2.05) is 0 Å². The van der Waals surface area contributed by atoms with E-state index >= 15 is 0 Å². The number of aryl methyl sites for hydroxylation is 1. The minimum absolute atomic E-state index is 0.0253. The van der Waals surface area contributed by atoms with Crippen molar-refractivity contribution < 1.29 is 13.6 Å². The molecule has 1 N–H and O–H groups in total. The average molecular weight is 369 g/mol. The van der Waals surface area contributed by atoms with E-state index in [-0.39, 0.29) is 22.4 Å². The first-order valence-electron chi connectivity index (χ1n) is 7.76. The predicted molar refractivity (Wildman–Crippen MR) is 92.0 cm³/mol. The molecule has 0 aliphatic heterocycles. The van der Waals surface area contributed by atoms with Crippen LogP contribution in [0.3, 0.4) is 0 Å². The maximum absolute atomic E-state index is 12.6. The van der Waals surface area contributed by atoms with Crippen LogP contribution >= 0.6 is 23.1 Å². The van der Waals surface area contributed by atoms with Gasteiger partial charge in [-0.25, -0.2) is 9.97 Å². The number of fused-ring (bicyclic) bond motifs is 1. The molecule has 4 nitrogen and oxygen atoms in total. The number of amides is 1. The molecule has 0 radical (unpaired) electrons. The monoisotopic (exact) mass is 369 g/mol. The second-order valence-corrected chi connectivity index (χ2v) is 7.66. The topological polar surface area (TPSA) is 54.9 Å². The Kier molecular flexibility index (Phi) is 5.45. The van der Waals surface area contributed by atoms with Gasteiger partial charge >= 0.3 is 0 Å². The Morgan fingerprint density at radius 2 is 2.38 bits per heavy atom. The molecule has 0 saturated heterocycles. The molecule has 0 saturated carbocycles. The molecule has 2 heterocycles. The van der Waals surface area contributed by atoms with Crippen LogP contribution in [0, 0.1) is 5.92 Å². The first-order chi connectivity index (χ1) is 11.6. The molecule has 1 unspecified atom stereocenters. The molecular weight excluding hydrogens is 352 g/mol. The highest BCUT2D eigenvalue weighted by Gasteiger charge is 2.23. The fourth-order valence-electron chi connectivity index (χ4n) is 2.75. The highest BCUT2D eigenvalue weighted by Crippen LogP contribution is 2.34. The highest BCUT2D eigenvalue weighted by molar-refractivity contribution is 7.99. The smallest absolute Gasteiger partial charge is 0.290 e. The molecule has 3 rings (SSSR count). The maximum atomic E-state index is 12.6. The molecule has 1 aliphatic rings. The van der Waals surface area contributed by atoms with E-state index in [0.29, 0.717) is 11.0 Å². The van der Waals surface area contributed by atoms with Crippen molar-refractivity contribution in [3.05, 3.63) is 34.5 Å². The number of carbonyl (C=O) groups excluding carboxylic acids is 1. The minimum Gasteiger partial charge on any atom is -0.298 e. The standard InChI is InChI=1S/C16H17F2N3OS2/c1-2-9-5-6-11-12(8-9)23-16(20-11)21-13(22)10-4-3-7-19-14(10)24-15(17)18/h3-4,7,9,15H,2,5-6,8H2,1H3,(H,20,21,22). The Morgan fingerprint density at radius 1 is 1.54 bits per heavy atom. The summed E-state index contributed by atoms with van der Waals surface area (Å²) in [5.74, 6) is -2.40. The summed E-state index contributed by atoms with van der Waals surface area (Å²) in [6.07, 6.45) is 5.59. The number of nitrogens with one attached hydrogen (secondary N) is 1. The summed E-state index contributed by atoms with van der Waals surface area (Å²) in [6, 6.07) is 3.05. The summed E-state index contributed by atoms with van der Waals surface area (Å²) in [5, 5.41) is 3.28. The van der Waals surface area contributed by atoms with Crippen LogP contribution < -0.4 is 5.32 Å². The van der Waals surface area contributed by atoms with E-state index in [0.717, 1.165) is 31.4 Å². The zero-order chi connectivity index (χ0) is 17.1. The number of aromatic nitrogens is 2. The molecule has 0 aromatic carbocycles. The van der Waals surface area contributed by atoms with Crippen LogP contribution in [0.25, 0.3) is 0 Å². The Balaban J connectivity index is 1.75. The first kappa shape index (κ1) is 17.3. The van der Waals surface area contributed by atoms with Crippen LogP contribution in [-0.4, -0.2) is 21.6 Å². The second kappa shape index (κ2) is 7.57. The third-order valence-electron chi connectivity index (χ3n) is 4.06. The van der Waals surface area contributed by atoms with Gasteiger partial charge in [0.1, 0.15) is 5.03 Å². The summed E-state index contributed by atoms with van der Waals surface area (Å²) in [5.41, 5.74) is 1.19. The van der Waals surface area contributed by atoms with Gasteiger partial charge in [0, 0.05) is 11.1 Å². The van der Waals surface area contributed by atoms with Crippen molar-refractivity contribution in [1.82, 2.24) is 9.97 Å². The Morgan fingerprint density at radius 3 is 3.12 bits per heavy atom. The van der Waals surface area contributed by atoms with E-state index in [1.165, 1.54) is 28.5 Å². The lowest BCUT2D eigenvalue weighted by atomic mass is 9.89. The minimum atomic E-state index is -2.62. The number of hydrogen-bond acceptors (Lipinski definition) is 5. The molecule has 1 atom stereocenters. The molecule has 0 bridgehead atoms. The molecule has 24 heavy (non-hydrogen) atoms. The van der Waals surface area contributed by atoms with Gasteiger partial charge in [-0.3, -0.25) is 10.1 Å². The molecule has 1 amide bonds. The summed E-state index contributed by atoms with van der Waals surface area (Å²) in [4.78, 5) is 22.0. The van der Waals surface area contributed by atoms with Gasteiger partial charge < -0.3 is 0 Å². The Bertz CT molecular complexity index is 736. The summed E-state index contributed by atoms with van der Waals surface area (Å²) in [6.45, 7) is 2.18. The van der Waals surface area contributed by atoms with Crippen LogP contribution in [0.15, 0.2) is 23.4 Å². The number of halogens is 2. The molecule has 0 spiro atoms. The van der Waals surface area contributed by atoms with Crippen molar-refractivity contribution in [3.63, 3.8) is 0 Å². The maximum Gasteiger partial charge on any atom is 0.290 e. The second-order valence-electron chi connectivity index (χ2n) is 5.59. The van der Waals surface area contributed by atoms with Gasteiger partial charge in [-0.1, -0.05) is 13.3 Å². The number of alkyl halides is 2. The van der Waals surface area contributed by atoms with Crippen LogP contribution in [0.1, 0.15) is 40.7 Å². The van der Waals surface area contributed by atoms with Crippen LogP contribution in [0.4, 0.5) is 13.9 Å². The third-order valence-corrected chi connectivity index (χ3v) is 5.82. The quantitative estimate of drug-likeness (QED) is 0.782. The van der Waals surface area contributed by atoms with Gasteiger partial charge in [-0.15, -0.1) is 11.3 Å². The molecular formula is C16H17F2N3OS2. The normalized spacial score (nSPS) is 16.9. The fraction of sp³-hybridized carbons (Fsp3) is 0.438. The molecule has 1 aliphatic carbocycles. The first-order valence-corrected chi connectivity index (χ1v) is 9.46. The lowest BCUT2D eigenvalue weighted by Crippen LogP contribution is -2.14. The zero-order valence-electron chi connectivity index (χ0n) is 13.1. The number of thiazole rings is 1. The van der Waals surface area contributed by atoms with Crippen molar-refractivity contribution >= 4 is 34.1 Å². The van der Waals surface area contributed by atoms with Crippen molar-refractivity contribution in [2.75, 3.05) is 5.32 Å². The SMILES string of the molecule is CCC1CCc2nc(NC(=O)c3cccnc3SC(F)F)sc2C1. The Labute approximate surface area is 147 Å². The zero-order valence-corrected chi connectivity index (χ0v) is 14.7. The van der Waals surface area contributed by atoms with E-state index in [4.69, 9.17) is 0 Å². The van der Waals surface area contributed by atoms with Crippen LogP contribution in [0.5, 0.6) is 0 Å². The van der Waals surface area contributed by atoms with E-state index in [1.54, 1.807) is 6.07 Å². The van der Waals surface area contributed by atoms with Gasteiger partial charge in [0.25, 0.3) is 11.7 Å². The van der Waals surface area contributed by atoms with Gasteiger partial charge in [0.2, 0.25) is 0 Å². The number of anilines is 1. The fourth-order valence-corrected chi connectivity index (χ4v) is 4.45. The van der Waals surface area contributed by atoms with Gasteiger partial charge in [-0.2, -0.15) is 8.78 Å². The lowest BCUT2D eigenvalue weighted by molar-refractivity contribution is 0.102. The van der Waals surface area contributed by atoms with Crippen LogP contribution in [0.2, 0.25) is 0 Å². The molecule has 2 aromatic heterocycles. The van der Waals surface area contributed by atoms with Crippen molar-refractivity contribution in [2.45, 2.75) is 43.4 Å². The molecule has 2 aromatic rings. The third kappa shape index (κ3) is 3.92. The highest BCUT2D eigenvalue weighted by atomic mass is 32.2. The van der Waals surface area contributed by atoms with E-state index in [9.17, 15) is 13.6 Å². The number of carbonyl (C=O) groups is 1. The largest absolute Gasteiger partial charge is 0.298 e. The molecule has 0 fully saturated rings. The average Bonchev–Trinajstić information content (AvgIpc) is 2.95.